The molecule has 0 aliphatic heterocycles. The van der Waals surface area contributed by atoms with Gasteiger partial charge in [-0.1, -0.05) is 31.5 Å². The van der Waals surface area contributed by atoms with Crippen molar-refractivity contribution in [2.75, 3.05) is 5.32 Å². The van der Waals surface area contributed by atoms with Crippen LogP contribution >= 0.6 is 0 Å². The van der Waals surface area contributed by atoms with E-state index in [4.69, 9.17) is 0 Å². The van der Waals surface area contributed by atoms with E-state index in [1.165, 1.54) is 0 Å². The van der Waals surface area contributed by atoms with Gasteiger partial charge < -0.3 is 10.4 Å². The van der Waals surface area contributed by atoms with E-state index in [1.54, 1.807) is 12.1 Å². The first-order chi connectivity index (χ1) is 9.19. The highest BCUT2D eigenvalue weighted by Crippen LogP contribution is 2.36. The van der Waals surface area contributed by atoms with E-state index < -0.39 is 5.97 Å². The molecule has 2 unspecified atom stereocenters. The van der Waals surface area contributed by atoms with E-state index >= 15 is 0 Å². The molecule has 0 bridgehead atoms. The minimum Gasteiger partial charge on any atom is -0.478 e. The summed E-state index contributed by atoms with van der Waals surface area (Å²) in [5.74, 6) is 0.447. The lowest BCUT2D eigenvalue weighted by Gasteiger charge is -2.08. The molecule has 0 spiro atoms. The van der Waals surface area contributed by atoms with Crippen molar-refractivity contribution in [3.63, 3.8) is 0 Å². The SMILES string of the molecule is CCC1CC1Nc1cc(C(=O)O)c2ccccc2n1. The number of rotatable bonds is 4. The van der Waals surface area contributed by atoms with Crippen molar-refractivity contribution in [2.24, 2.45) is 5.92 Å². The molecule has 3 rings (SSSR count). The number of pyridine rings is 1. The third kappa shape index (κ3) is 2.26. The molecule has 0 saturated heterocycles. The smallest absolute Gasteiger partial charge is 0.336 e. The highest BCUT2D eigenvalue weighted by atomic mass is 16.4. The van der Waals surface area contributed by atoms with Crippen molar-refractivity contribution in [3.05, 3.63) is 35.9 Å². The van der Waals surface area contributed by atoms with Crippen molar-refractivity contribution in [1.82, 2.24) is 4.98 Å². The highest BCUT2D eigenvalue weighted by Gasteiger charge is 2.35. The van der Waals surface area contributed by atoms with Crippen LogP contribution in [-0.4, -0.2) is 22.1 Å². The van der Waals surface area contributed by atoms with Gasteiger partial charge in [0.15, 0.2) is 0 Å². The molecule has 98 valence electrons. The summed E-state index contributed by atoms with van der Waals surface area (Å²) < 4.78 is 0. The summed E-state index contributed by atoms with van der Waals surface area (Å²) in [4.78, 5) is 15.8. The summed E-state index contributed by atoms with van der Waals surface area (Å²) in [6, 6.07) is 9.42. The zero-order valence-corrected chi connectivity index (χ0v) is 10.8. The van der Waals surface area contributed by atoms with Gasteiger partial charge in [0, 0.05) is 11.4 Å². The fraction of sp³-hybridized carbons (Fsp3) is 0.333. The van der Waals surface area contributed by atoms with Crippen LogP contribution in [0.15, 0.2) is 30.3 Å². The van der Waals surface area contributed by atoms with Gasteiger partial charge in [-0.15, -0.1) is 0 Å². The lowest BCUT2D eigenvalue weighted by Crippen LogP contribution is -2.08. The Hall–Kier alpha value is -2.10. The number of carbonyl (C=O) groups is 1. The van der Waals surface area contributed by atoms with Gasteiger partial charge in [-0.25, -0.2) is 9.78 Å². The molecule has 1 aromatic carbocycles. The maximum absolute atomic E-state index is 11.3. The Morgan fingerprint density at radius 1 is 1.47 bits per heavy atom. The molecule has 1 saturated carbocycles. The Morgan fingerprint density at radius 2 is 2.26 bits per heavy atom. The van der Waals surface area contributed by atoms with E-state index in [0.29, 0.717) is 28.7 Å². The minimum atomic E-state index is -0.913. The Balaban J connectivity index is 1.99. The number of aromatic nitrogens is 1. The summed E-state index contributed by atoms with van der Waals surface area (Å²) in [6.45, 7) is 2.17. The Bertz CT molecular complexity index is 639. The quantitative estimate of drug-likeness (QED) is 0.882. The third-order valence-electron chi connectivity index (χ3n) is 3.73. The van der Waals surface area contributed by atoms with Crippen LogP contribution in [0.2, 0.25) is 0 Å². The van der Waals surface area contributed by atoms with Gasteiger partial charge in [0.2, 0.25) is 0 Å². The van der Waals surface area contributed by atoms with E-state index in [-0.39, 0.29) is 0 Å². The van der Waals surface area contributed by atoms with Crippen molar-refractivity contribution >= 4 is 22.7 Å². The molecule has 1 aromatic heterocycles. The van der Waals surface area contributed by atoms with Crippen LogP contribution in [0.3, 0.4) is 0 Å². The number of nitrogens with zero attached hydrogens (tertiary/aromatic N) is 1. The molecular weight excluding hydrogens is 240 g/mol. The lowest BCUT2D eigenvalue weighted by atomic mass is 10.1. The van der Waals surface area contributed by atoms with Gasteiger partial charge in [-0.2, -0.15) is 0 Å². The van der Waals surface area contributed by atoms with Crippen molar-refractivity contribution in [1.29, 1.82) is 0 Å². The average Bonchev–Trinajstić information content (AvgIpc) is 3.16. The molecule has 0 amide bonds. The van der Waals surface area contributed by atoms with Crippen LogP contribution in [-0.2, 0) is 0 Å². The summed E-state index contributed by atoms with van der Waals surface area (Å²) in [5.41, 5.74) is 1.03. The molecule has 2 atom stereocenters. The number of fused-ring (bicyclic) bond motifs is 1. The number of carboxylic acids is 1. The second-order valence-electron chi connectivity index (χ2n) is 5.03. The highest BCUT2D eigenvalue weighted by molar-refractivity contribution is 6.03. The Kier molecular flexibility index (Phi) is 2.85. The van der Waals surface area contributed by atoms with Gasteiger partial charge >= 0.3 is 5.97 Å². The van der Waals surface area contributed by atoms with Crippen molar-refractivity contribution < 1.29 is 9.90 Å². The second-order valence-corrected chi connectivity index (χ2v) is 5.03. The van der Waals surface area contributed by atoms with Gasteiger partial charge in [0.05, 0.1) is 11.1 Å². The van der Waals surface area contributed by atoms with Crippen LogP contribution in [0.1, 0.15) is 30.1 Å². The fourth-order valence-electron chi connectivity index (χ4n) is 2.49. The molecule has 4 nitrogen and oxygen atoms in total. The number of hydrogen-bond donors (Lipinski definition) is 2. The van der Waals surface area contributed by atoms with Crippen LogP contribution in [0.5, 0.6) is 0 Å². The van der Waals surface area contributed by atoms with Crippen LogP contribution in [0.4, 0.5) is 5.82 Å². The number of anilines is 1. The lowest BCUT2D eigenvalue weighted by molar-refractivity contribution is 0.0699. The number of carboxylic acid groups (broad SMARTS) is 1. The van der Waals surface area contributed by atoms with Gasteiger partial charge in [-0.3, -0.25) is 0 Å². The first-order valence-electron chi connectivity index (χ1n) is 6.58. The first-order valence-corrected chi connectivity index (χ1v) is 6.58. The molecular formula is C15H16N2O2. The number of hydrogen-bond acceptors (Lipinski definition) is 3. The maximum atomic E-state index is 11.3. The predicted octanol–water partition coefficient (Wildman–Crippen LogP) is 3.14. The van der Waals surface area contributed by atoms with Gasteiger partial charge in [0.25, 0.3) is 0 Å². The number of benzene rings is 1. The number of para-hydroxylation sites is 1. The molecule has 1 heterocycles. The number of aromatic carboxylic acids is 1. The van der Waals surface area contributed by atoms with Crippen LogP contribution in [0, 0.1) is 5.92 Å². The average molecular weight is 256 g/mol. The summed E-state index contributed by atoms with van der Waals surface area (Å²) in [5, 5.41) is 13.3. The third-order valence-corrected chi connectivity index (χ3v) is 3.73. The zero-order chi connectivity index (χ0) is 13.4. The van der Waals surface area contributed by atoms with E-state index in [0.717, 1.165) is 18.4 Å². The largest absolute Gasteiger partial charge is 0.478 e. The minimum absolute atomic E-state index is 0.307. The molecule has 1 aliphatic rings. The predicted molar refractivity (Wildman–Crippen MR) is 74.5 cm³/mol. The zero-order valence-electron chi connectivity index (χ0n) is 10.8. The Labute approximate surface area is 111 Å². The first kappa shape index (κ1) is 12.0. The molecule has 2 N–H and O–H groups in total. The second kappa shape index (κ2) is 4.53. The van der Waals surface area contributed by atoms with Crippen LogP contribution < -0.4 is 5.32 Å². The molecule has 1 aliphatic carbocycles. The molecule has 2 aromatic rings. The number of nitrogens with one attached hydrogen (secondary N) is 1. The Morgan fingerprint density at radius 3 is 2.95 bits per heavy atom. The summed E-state index contributed by atoms with van der Waals surface area (Å²) in [6.07, 6.45) is 2.30. The molecule has 1 fully saturated rings. The van der Waals surface area contributed by atoms with Crippen molar-refractivity contribution in [3.8, 4) is 0 Å². The molecule has 4 heteroatoms. The fourth-order valence-corrected chi connectivity index (χ4v) is 2.49. The van der Waals surface area contributed by atoms with Crippen LogP contribution in [0.25, 0.3) is 10.9 Å². The van der Waals surface area contributed by atoms with E-state index in [1.807, 2.05) is 18.2 Å². The van der Waals surface area contributed by atoms with E-state index in [9.17, 15) is 9.90 Å². The van der Waals surface area contributed by atoms with Gasteiger partial charge in [0.1, 0.15) is 5.82 Å². The monoisotopic (exact) mass is 256 g/mol. The molecule has 0 radical (unpaired) electrons. The topological polar surface area (TPSA) is 62.2 Å². The summed E-state index contributed by atoms with van der Waals surface area (Å²) >= 11 is 0. The standard InChI is InChI=1S/C15H16N2O2/c1-2-9-7-13(9)17-14-8-11(15(18)19)10-5-3-4-6-12(10)16-14/h3-6,8-9,13H,2,7H2,1H3,(H,16,17)(H,18,19). The maximum Gasteiger partial charge on any atom is 0.336 e. The molecule has 19 heavy (non-hydrogen) atoms. The van der Waals surface area contributed by atoms with E-state index in [2.05, 4.69) is 17.2 Å². The van der Waals surface area contributed by atoms with Crippen molar-refractivity contribution in [2.45, 2.75) is 25.8 Å². The summed E-state index contributed by atoms with van der Waals surface area (Å²) in [7, 11) is 0. The normalized spacial score (nSPS) is 21.3. The van der Waals surface area contributed by atoms with Gasteiger partial charge in [-0.05, 0) is 24.5 Å².